The zero-order valence-electron chi connectivity index (χ0n) is 11.5. The van der Waals surface area contributed by atoms with Gasteiger partial charge in [0.05, 0.1) is 11.5 Å². The molecule has 0 fully saturated rings. The number of hydrogen-bond donors (Lipinski definition) is 1. The van der Waals surface area contributed by atoms with Crippen molar-refractivity contribution in [3.63, 3.8) is 0 Å². The Balaban J connectivity index is 1.62. The van der Waals surface area contributed by atoms with Gasteiger partial charge in [0.2, 0.25) is 0 Å². The van der Waals surface area contributed by atoms with Crippen molar-refractivity contribution in [1.82, 2.24) is 9.97 Å². The third-order valence-electron chi connectivity index (χ3n) is 3.70. The number of ketones is 2. The number of nitrogens with one attached hydrogen (secondary N) is 1. The minimum atomic E-state index is -0.152. The van der Waals surface area contributed by atoms with E-state index in [0.29, 0.717) is 12.1 Å². The SMILES string of the molecule is O=C(CCC(=O)C1CNc2ccccc21)c1cncnc1. The molecule has 1 aliphatic rings. The normalized spacial score (nSPS) is 16.1. The molecular formula is C16H15N3O2. The number of carbonyl (C=O) groups is 2. The van der Waals surface area contributed by atoms with Gasteiger partial charge >= 0.3 is 0 Å². The molecule has 1 aliphatic heterocycles. The summed E-state index contributed by atoms with van der Waals surface area (Å²) in [4.78, 5) is 31.9. The number of aromatic nitrogens is 2. The molecule has 0 saturated carbocycles. The highest BCUT2D eigenvalue weighted by molar-refractivity contribution is 5.99. The highest BCUT2D eigenvalue weighted by atomic mass is 16.1. The summed E-state index contributed by atoms with van der Waals surface area (Å²) in [7, 11) is 0. The zero-order valence-corrected chi connectivity index (χ0v) is 11.5. The fourth-order valence-corrected chi connectivity index (χ4v) is 2.57. The van der Waals surface area contributed by atoms with Crippen LogP contribution in [0.5, 0.6) is 0 Å². The van der Waals surface area contributed by atoms with Crippen LogP contribution in [-0.4, -0.2) is 28.1 Å². The van der Waals surface area contributed by atoms with Crippen molar-refractivity contribution in [2.75, 3.05) is 11.9 Å². The lowest BCUT2D eigenvalue weighted by atomic mass is 9.93. The van der Waals surface area contributed by atoms with E-state index < -0.39 is 0 Å². The van der Waals surface area contributed by atoms with Crippen LogP contribution in [-0.2, 0) is 4.79 Å². The van der Waals surface area contributed by atoms with E-state index in [4.69, 9.17) is 0 Å². The Kier molecular flexibility index (Phi) is 3.73. The lowest BCUT2D eigenvalue weighted by Crippen LogP contribution is -2.16. The number of nitrogens with zero attached hydrogens (tertiary/aromatic N) is 2. The van der Waals surface area contributed by atoms with Crippen molar-refractivity contribution in [3.05, 3.63) is 54.1 Å². The average Bonchev–Trinajstić information content (AvgIpc) is 2.97. The lowest BCUT2D eigenvalue weighted by molar-refractivity contribution is -0.120. The second-order valence-electron chi connectivity index (χ2n) is 5.04. The maximum absolute atomic E-state index is 12.3. The summed E-state index contributed by atoms with van der Waals surface area (Å²) >= 11 is 0. The van der Waals surface area contributed by atoms with E-state index in [-0.39, 0.29) is 30.3 Å². The molecule has 1 N–H and O–H groups in total. The van der Waals surface area contributed by atoms with Crippen LogP contribution in [0.2, 0.25) is 0 Å². The Morgan fingerprint density at radius 2 is 1.90 bits per heavy atom. The van der Waals surface area contributed by atoms with Gasteiger partial charge in [-0.3, -0.25) is 9.59 Å². The van der Waals surface area contributed by atoms with Crippen LogP contribution >= 0.6 is 0 Å². The minimum absolute atomic E-state index is 0.0943. The standard InChI is InChI=1S/C16H15N3O2/c20-15(11-7-17-10-18-8-11)5-6-16(21)13-9-19-14-4-2-1-3-12(13)14/h1-4,7-8,10,13,19H,5-6,9H2. The summed E-state index contributed by atoms with van der Waals surface area (Å²) < 4.78 is 0. The predicted octanol–water partition coefficient (Wildman–Crippen LogP) is 2.22. The Bertz CT molecular complexity index is 670. The number of rotatable bonds is 5. The maximum Gasteiger partial charge on any atom is 0.166 e. The summed E-state index contributed by atoms with van der Waals surface area (Å²) in [6.45, 7) is 0.612. The molecule has 0 saturated heterocycles. The second-order valence-corrected chi connectivity index (χ2v) is 5.04. The van der Waals surface area contributed by atoms with E-state index in [2.05, 4.69) is 15.3 Å². The first-order valence-electron chi connectivity index (χ1n) is 6.89. The maximum atomic E-state index is 12.3. The van der Waals surface area contributed by atoms with Gasteiger partial charge in [0.25, 0.3) is 0 Å². The first-order chi connectivity index (χ1) is 10.3. The van der Waals surface area contributed by atoms with Crippen molar-refractivity contribution in [3.8, 4) is 0 Å². The van der Waals surface area contributed by atoms with E-state index in [0.717, 1.165) is 11.3 Å². The van der Waals surface area contributed by atoms with Crippen LogP contribution < -0.4 is 5.32 Å². The fraction of sp³-hybridized carbons (Fsp3) is 0.250. The van der Waals surface area contributed by atoms with E-state index in [9.17, 15) is 9.59 Å². The number of fused-ring (bicyclic) bond motifs is 1. The fourth-order valence-electron chi connectivity index (χ4n) is 2.57. The Hall–Kier alpha value is -2.56. The summed E-state index contributed by atoms with van der Waals surface area (Å²) in [6.07, 6.45) is 4.78. The molecule has 3 rings (SSSR count). The molecular weight excluding hydrogens is 266 g/mol. The number of hydrogen-bond acceptors (Lipinski definition) is 5. The summed E-state index contributed by atoms with van der Waals surface area (Å²) in [5, 5.41) is 3.22. The molecule has 5 heteroatoms. The van der Waals surface area contributed by atoms with E-state index in [1.54, 1.807) is 0 Å². The molecule has 2 aromatic rings. The largest absolute Gasteiger partial charge is 0.384 e. The first-order valence-corrected chi connectivity index (χ1v) is 6.89. The van der Waals surface area contributed by atoms with Crippen molar-refractivity contribution >= 4 is 17.3 Å². The third kappa shape index (κ3) is 2.81. The number of benzene rings is 1. The number of para-hydroxylation sites is 1. The van der Waals surface area contributed by atoms with E-state index >= 15 is 0 Å². The molecule has 1 aromatic heterocycles. The van der Waals surface area contributed by atoms with Gasteiger partial charge in [-0.25, -0.2) is 9.97 Å². The molecule has 1 aromatic carbocycles. The summed E-state index contributed by atoms with van der Waals surface area (Å²) in [5.41, 5.74) is 2.49. The van der Waals surface area contributed by atoms with Crippen LogP contribution in [0, 0.1) is 0 Å². The highest BCUT2D eigenvalue weighted by Gasteiger charge is 2.27. The monoisotopic (exact) mass is 281 g/mol. The smallest absolute Gasteiger partial charge is 0.166 e. The topological polar surface area (TPSA) is 72.0 Å². The first kappa shape index (κ1) is 13.4. The number of Topliss-reactive ketones (excluding diaryl/α,β-unsaturated/α-hetero) is 2. The van der Waals surface area contributed by atoms with Crippen LogP contribution in [0.1, 0.15) is 34.7 Å². The van der Waals surface area contributed by atoms with Gasteiger partial charge in [0, 0.05) is 37.5 Å². The van der Waals surface area contributed by atoms with Crippen LogP contribution in [0.15, 0.2) is 43.0 Å². The number of anilines is 1. The van der Waals surface area contributed by atoms with Crippen molar-refractivity contribution in [1.29, 1.82) is 0 Å². The molecule has 0 bridgehead atoms. The minimum Gasteiger partial charge on any atom is -0.384 e. The highest BCUT2D eigenvalue weighted by Crippen LogP contribution is 2.32. The van der Waals surface area contributed by atoms with Gasteiger partial charge in [-0.2, -0.15) is 0 Å². The quantitative estimate of drug-likeness (QED) is 0.851. The van der Waals surface area contributed by atoms with Crippen LogP contribution in [0.4, 0.5) is 5.69 Å². The van der Waals surface area contributed by atoms with Crippen molar-refractivity contribution < 1.29 is 9.59 Å². The molecule has 0 aliphatic carbocycles. The van der Waals surface area contributed by atoms with Gasteiger partial charge in [-0.15, -0.1) is 0 Å². The molecule has 5 nitrogen and oxygen atoms in total. The Labute approximate surface area is 122 Å². The number of carbonyl (C=O) groups excluding carboxylic acids is 2. The third-order valence-corrected chi connectivity index (χ3v) is 3.70. The molecule has 1 unspecified atom stereocenters. The molecule has 0 radical (unpaired) electrons. The molecule has 21 heavy (non-hydrogen) atoms. The van der Waals surface area contributed by atoms with Crippen molar-refractivity contribution in [2.45, 2.75) is 18.8 Å². The molecule has 0 amide bonds. The average molecular weight is 281 g/mol. The van der Waals surface area contributed by atoms with Crippen molar-refractivity contribution in [2.24, 2.45) is 0 Å². The van der Waals surface area contributed by atoms with Gasteiger partial charge in [0.15, 0.2) is 5.78 Å². The molecule has 1 atom stereocenters. The summed E-state index contributed by atoms with van der Waals surface area (Å²) in [5.74, 6) is -0.151. The van der Waals surface area contributed by atoms with Crippen LogP contribution in [0.3, 0.4) is 0 Å². The van der Waals surface area contributed by atoms with Gasteiger partial charge in [-0.05, 0) is 11.6 Å². The van der Waals surface area contributed by atoms with Crippen LogP contribution in [0.25, 0.3) is 0 Å². The Morgan fingerprint density at radius 3 is 2.71 bits per heavy atom. The molecule has 0 spiro atoms. The lowest BCUT2D eigenvalue weighted by Gasteiger charge is -2.08. The van der Waals surface area contributed by atoms with Gasteiger partial charge < -0.3 is 5.32 Å². The second kappa shape index (κ2) is 5.83. The van der Waals surface area contributed by atoms with E-state index in [1.807, 2.05) is 24.3 Å². The molecule has 106 valence electrons. The molecule has 2 heterocycles. The Morgan fingerprint density at radius 1 is 1.14 bits per heavy atom. The summed E-state index contributed by atoms with van der Waals surface area (Å²) in [6, 6.07) is 7.80. The van der Waals surface area contributed by atoms with Gasteiger partial charge in [0.1, 0.15) is 12.1 Å². The predicted molar refractivity (Wildman–Crippen MR) is 78.3 cm³/mol. The van der Waals surface area contributed by atoms with E-state index in [1.165, 1.54) is 18.7 Å². The van der Waals surface area contributed by atoms with Gasteiger partial charge in [-0.1, -0.05) is 18.2 Å². The zero-order chi connectivity index (χ0) is 14.7.